The summed E-state index contributed by atoms with van der Waals surface area (Å²) in [4.78, 5) is 20.8. The minimum Gasteiger partial charge on any atom is -0.478 e. The van der Waals surface area contributed by atoms with E-state index in [0.717, 1.165) is 18.9 Å². The minimum absolute atomic E-state index is 0.0186. The lowest BCUT2D eigenvalue weighted by Gasteiger charge is -2.49. The monoisotopic (exact) mass is 335 g/mol. The van der Waals surface area contributed by atoms with Crippen LogP contribution in [0.15, 0.2) is 24.3 Å². The Balaban J connectivity index is 0.000000240. The molecule has 0 aliphatic heterocycles. The van der Waals surface area contributed by atoms with Gasteiger partial charge in [-0.25, -0.2) is 9.59 Å². The Morgan fingerprint density at radius 2 is 1.25 bits per heavy atom. The van der Waals surface area contributed by atoms with Crippen LogP contribution in [0.2, 0.25) is 0 Å². The van der Waals surface area contributed by atoms with Crippen molar-refractivity contribution in [2.75, 3.05) is 0 Å². The van der Waals surface area contributed by atoms with E-state index >= 15 is 0 Å². The molecule has 1 fully saturated rings. The fourth-order valence-electron chi connectivity index (χ4n) is 4.45. The summed E-state index contributed by atoms with van der Waals surface area (Å²) in [6.45, 7) is 11.5. The molecule has 0 heterocycles. The molecule has 1 aromatic rings. The van der Waals surface area contributed by atoms with Gasteiger partial charge in [-0.05, 0) is 55.2 Å². The number of carbonyl (C=O) groups is 2. The average molecular weight is 335 g/mol. The SMILES string of the molecule is CC1(C)CC(C)(C)CC(C)(N)C1.O=C(O)c1cccc(C(=O)O)c1. The number of hydrogen-bond donors (Lipinski definition) is 3. The first kappa shape index (κ1) is 20.2. The van der Waals surface area contributed by atoms with Crippen LogP contribution in [0.5, 0.6) is 0 Å². The van der Waals surface area contributed by atoms with E-state index in [4.69, 9.17) is 15.9 Å². The highest BCUT2D eigenvalue weighted by molar-refractivity contribution is 5.93. The van der Waals surface area contributed by atoms with E-state index in [0.29, 0.717) is 10.8 Å². The van der Waals surface area contributed by atoms with E-state index in [9.17, 15) is 9.59 Å². The first-order chi connectivity index (χ1) is 10.7. The van der Waals surface area contributed by atoms with Crippen LogP contribution in [-0.2, 0) is 0 Å². The van der Waals surface area contributed by atoms with Crippen molar-refractivity contribution in [3.05, 3.63) is 35.4 Å². The molecule has 4 N–H and O–H groups in total. The molecule has 0 bridgehead atoms. The molecule has 1 aromatic carbocycles. The van der Waals surface area contributed by atoms with Gasteiger partial charge in [-0.3, -0.25) is 0 Å². The van der Waals surface area contributed by atoms with E-state index in [1.54, 1.807) is 0 Å². The molecule has 5 heteroatoms. The topological polar surface area (TPSA) is 101 Å². The fraction of sp³-hybridized carbons (Fsp3) is 0.579. The molecule has 134 valence electrons. The highest BCUT2D eigenvalue weighted by atomic mass is 16.4. The second-order valence-electron chi connectivity index (χ2n) is 8.70. The van der Waals surface area contributed by atoms with Crippen molar-refractivity contribution in [1.82, 2.24) is 0 Å². The van der Waals surface area contributed by atoms with Crippen molar-refractivity contribution in [3.63, 3.8) is 0 Å². The molecule has 1 saturated carbocycles. The van der Waals surface area contributed by atoms with Gasteiger partial charge < -0.3 is 15.9 Å². The van der Waals surface area contributed by atoms with Gasteiger partial charge >= 0.3 is 11.9 Å². The maximum atomic E-state index is 10.4. The van der Waals surface area contributed by atoms with Crippen molar-refractivity contribution >= 4 is 11.9 Å². The molecule has 0 amide bonds. The Bertz CT molecular complexity index is 543. The predicted octanol–water partition coefficient (Wildman–Crippen LogP) is 4.02. The molecule has 2 rings (SSSR count). The van der Waals surface area contributed by atoms with Crippen molar-refractivity contribution in [3.8, 4) is 0 Å². The van der Waals surface area contributed by atoms with Gasteiger partial charge in [0.2, 0.25) is 0 Å². The first-order valence-electron chi connectivity index (χ1n) is 8.09. The fourth-order valence-corrected chi connectivity index (χ4v) is 4.45. The van der Waals surface area contributed by atoms with Crippen molar-refractivity contribution < 1.29 is 19.8 Å². The molecule has 0 saturated heterocycles. The van der Waals surface area contributed by atoms with Crippen molar-refractivity contribution in [1.29, 1.82) is 0 Å². The quantitative estimate of drug-likeness (QED) is 0.757. The Labute approximate surface area is 143 Å². The number of benzene rings is 1. The summed E-state index contributed by atoms with van der Waals surface area (Å²) in [5.74, 6) is -2.25. The van der Waals surface area contributed by atoms with Gasteiger partial charge in [0.05, 0.1) is 11.1 Å². The number of aromatic carboxylic acids is 2. The van der Waals surface area contributed by atoms with E-state index < -0.39 is 11.9 Å². The molecule has 1 aliphatic carbocycles. The minimum atomic E-state index is -1.13. The van der Waals surface area contributed by atoms with Crippen molar-refractivity contribution in [2.45, 2.75) is 59.4 Å². The lowest BCUT2D eigenvalue weighted by molar-refractivity contribution is 0.0573. The van der Waals surface area contributed by atoms with Gasteiger partial charge in [0.25, 0.3) is 0 Å². The smallest absolute Gasteiger partial charge is 0.335 e. The standard InChI is InChI=1S/C11H23N.C8H6O4/c1-9(2)6-10(3,4)8-11(5,12)7-9;9-7(10)5-2-1-3-6(4-5)8(11)12/h6-8,12H2,1-5H3;1-4H,(H,9,10)(H,11,12). The van der Waals surface area contributed by atoms with Gasteiger partial charge in [0.1, 0.15) is 0 Å². The normalized spacial score (nSPS) is 20.4. The van der Waals surface area contributed by atoms with Crippen LogP contribution in [0.4, 0.5) is 0 Å². The number of hydrogen-bond acceptors (Lipinski definition) is 3. The zero-order chi connectivity index (χ0) is 18.8. The molecule has 1 aliphatic rings. The predicted molar refractivity (Wildman–Crippen MR) is 94.4 cm³/mol. The van der Waals surface area contributed by atoms with Crippen LogP contribution in [-0.4, -0.2) is 27.7 Å². The lowest BCUT2D eigenvalue weighted by Crippen LogP contribution is -2.49. The molecule has 0 aromatic heterocycles. The molecule has 0 atom stereocenters. The molecule has 0 radical (unpaired) electrons. The summed E-state index contributed by atoms with van der Waals surface area (Å²) >= 11 is 0. The molecule has 5 nitrogen and oxygen atoms in total. The van der Waals surface area contributed by atoms with Crippen LogP contribution in [0.25, 0.3) is 0 Å². The summed E-state index contributed by atoms with van der Waals surface area (Å²) in [7, 11) is 0. The van der Waals surface area contributed by atoms with Gasteiger partial charge in [0.15, 0.2) is 0 Å². The Kier molecular flexibility index (Phi) is 5.82. The maximum Gasteiger partial charge on any atom is 0.335 e. The molecule has 0 unspecified atom stereocenters. The number of carboxylic acid groups (broad SMARTS) is 2. The van der Waals surface area contributed by atoms with Crippen LogP contribution in [0.3, 0.4) is 0 Å². The van der Waals surface area contributed by atoms with Crippen LogP contribution < -0.4 is 5.73 Å². The molecule has 24 heavy (non-hydrogen) atoms. The van der Waals surface area contributed by atoms with Crippen LogP contribution in [0, 0.1) is 10.8 Å². The zero-order valence-corrected chi connectivity index (χ0v) is 15.2. The van der Waals surface area contributed by atoms with Crippen LogP contribution >= 0.6 is 0 Å². The van der Waals surface area contributed by atoms with Gasteiger partial charge in [0, 0.05) is 5.54 Å². The molecular weight excluding hydrogens is 306 g/mol. The third kappa shape index (κ3) is 6.32. The Morgan fingerprint density at radius 3 is 1.54 bits per heavy atom. The largest absolute Gasteiger partial charge is 0.478 e. The third-order valence-corrected chi connectivity index (χ3v) is 4.08. The highest BCUT2D eigenvalue weighted by Gasteiger charge is 2.42. The average Bonchev–Trinajstić information content (AvgIpc) is 2.33. The van der Waals surface area contributed by atoms with Crippen molar-refractivity contribution in [2.24, 2.45) is 16.6 Å². The first-order valence-corrected chi connectivity index (χ1v) is 8.09. The maximum absolute atomic E-state index is 10.4. The Morgan fingerprint density at radius 1 is 0.875 bits per heavy atom. The molecule has 0 spiro atoms. The second-order valence-corrected chi connectivity index (χ2v) is 8.70. The summed E-state index contributed by atoms with van der Waals surface area (Å²) in [6.07, 6.45) is 3.61. The second kappa shape index (κ2) is 6.93. The van der Waals surface area contributed by atoms with Gasteiger partial charge in [-0.2, -0.15) is 0 Å². The summed E-state index contributed by atoms with van der Waals surface area (Å²) in [5.41, 5.74) is 7.08. The zero-order valence-electron chi connectivity index (χ0n) is 15.2. The third-order valence-electron chi connectivity index (χ3n) is 4.08. The lowest BCUT2D eigenvalue weighted by atomic mass is 9.59. The summed E-state index contributed by atoms with van der Waals surface area (Å²) < 4.78 is 0. The van der Waals surface area contributed by atoms with Gasteiger partial charge in [-0.1, -0.05) is 33.8 Å². The highest BCUT2D eigenvalue weighted by Crippen LogP contribution is 2.48. The van der Waals surface area contributed by atoms with Crippen LogP contribution in [0.1, 0.15) is 74.6 Å². The number of nitrogens with two attached hydrogens (primary N) is 1. The van der Waals surface area contributed by atoms with E-state index in [1.807, 2.05) is 0 Å². The molecular formula is C19H29NO4. The van der Waals surface area contributed by atoms with E-state index in [1.165, 1.54) is 24.6 Å². The number of rotatable bonds is 2. The van der Waals surface area contributed by atoms with E-state index in [2.05, 4.69) is 34.6 Å². The van der Waals surface area contributed by atoms with E-state index in [-0.39, 0.29) is 16.7 Å². The summed E-state index contributed by atoms with van der Waals surface area (Å²) in [5, 5.41) is 17.0. The number of carboxylic acids is 2. The van der Waals surface area contributed by atoms with Gasteiger partial charge in [-0.15, -0.1) is 0 Å². The Hall–Kier alpha value is -1.88. The summed E-state index contributed by atoms with van der Waals surface area (Å²) in [6, 6.07) is 5.20.